The van der Waals surface area contributed by atoms with Crippen LogP contribution in [0.4, 0.5) is 4.39 Å². The molecule has 0 saturated heterocycles. The van der Waals surface area contributed by atoms with Crippen molar-refractivity contribution in [2.45, 2.75) is 45.1 Å². The maximum atomic E-state index is 13.4. The van der Waals surface area contributed by atoms with Crippen molar-refractivity contribution in [2.75, 3.05) is 0 Å². The third-order valence-electron chi connectivity index (χ3n) is 4.06. The molecule has 1 aliphatic rings. The van der Waals surface area contributed by atoms with E-state index in [2.05, 4.69) is 13.8 Å². The Labute approximate surface area is 107 Å². The molecule has 3 heteroatoms. The molecule has 0 spiro atoms. The summed E-state index contributed by atoms with van der Waals surface area (Å²) in [6.45, 7) is 5.98. The fourth-order valence-electron chi connectivity index (χ4n) is 2.21. The second-order valence-corrected chi connectivity index (χ2v) is 5.61. The van der Waals surface area contributed by atoms with E-state index in [9.17, 15) is 4.39 Å². The summed E-state index contributed by atoms with van der Waals surface area (Å²) in [5.41, 5.74) is 0.641. The minimum atomic E-state index is -0.220. The first-order chi connectivity index (χ1) is 7.97. The predicted molar refractivity (Wildman–Crippen MR) is 68.2 cm³/mol. The minimum Gasteiger partial charge on any atom is -0.490 e. The lowest BCUT2D eigenvalue weighted by atomic mass is 9.65. The second kappa shape index (κ2) is 4.49. The molecule has 1 fully saturated rings. The van der Waals surface area contributed by atoms with Gasteiger partial charge in [-0.15, -0.1) is 11.6 Å². The molecular formula is C14H18ClFO. The molecule has 0 amide bonds. The second-order valence-electron chi connectivity index (χ2n) is 5.08. The summed E-state index contributed by atoms with van der Waals surface area (Å²) < 4.78 is 19.2. The van der Waals surface area contributed by atoms with Crippen molar-refractivity contribution >= 4 is 11.6 Å². The van der Waals surface area contributed by atoms with Crippen molar-refractivity contribution in [1.29, 1.82) is 0 Å². The van der Waals surface area contributed by atoms with Crippen LogP contribution in [-0.4, -0.2) is 11.5 Å². The summed E-state index contributed by atoms with van der Waals surface area (Å²) in [5.74, 6) is 0.379. The molecule has 0 aromatic heterocycles. The summed E-state index contributed by atoms with van der Waals surface area (Å²) >= 11 is 6.22. The van der Waals surface area contributed by atoms with E-state index in [1.165, 1.54) is 6.07 Å². The summed E-state index contributed by atoms with van der Waals surface area (Å²) in [4.78, 5) is 0. The van der Waals surface area contributed by atoms with Gasteiger partial charge in [0, 0.05) is 23.3 Å². The highest BCUT2D eigenvalue weighted by atomic mass is 35.5. The van der Waals surface area contributed by atoms with Crippen molar-refractivity contribution in [3.8, 4) is 5.75 Å². The topological polar surface area (TPSA) is 9.23 Å². The third-order valence-corrected chi connectivity index (χ3v) is 4.73. The maximum Gasteiger partial charge on any atom is 0.129 e. The largest absolute Gasteiger partial charge is 0.490 e. The predicted octanol–water partition coefficient (Wildman–Crippen LogP) is 4.31. The van der Waals surface area contributed by atoms with Crippen LogP contribution in [0.1, 0.15) is 32.3 Å². The van der Waals surface area contributed by atoms with E-state index in [0.717, 1.165) is 12.8 Å². The quantitative estimate of drug-likeness (QED) is 0.733. The molecule has 0 heterocycles. The lowest BCUT2D eigenvalue weighted by molar-refractivity contribution is -0.0296. The first-order valence-electron chi connectivity index (χ1n) is 6.04. The van der Waals surface area contributed by atoms with Gasteiger partial charge in [-0.05, 0) is 25.0 Å². The van der Waals surface area contributed by atoms with Crippen LogP contribution in [0.25, 0.3) is 0 Å². The Kier molecular flexibility index (Phi) is 3.35. The standard InChI is InChI=1S/C14H18ClFO/c1-4-14(3)12(15)8-13(14)17-10-6-5-9(2)11(16)7-10/h5-7,12-13H,4,8H2,1-3H3. The zero-order valence-electron chi connectivity index (χ0n) is 10.5. The number of aryl methyl sites for hydroxylation is 1. The number of ether oxygens (including phenoxy) is 1. The van der Waals surface area contributed by atoms with Crippen molar-refractivity contribution in [1.82, 2.24) is 0 Å². The van der Waals surface area contributed by atoms with Crippen molar-refractivity contribution in [2.24, 2.45) is 5.41 Å². The van der Waals surface area contributed by atoms with E-state index < -0.39 is 0 Å². The number of hydrogen-bond donors (Lipinski definition) is 0. The number of benzene rings is 1. The van der Waals surface area contributed by atoms with Crippen LogP contribution < -0.4 is 4.74 Å². The Morgan fingerprint density at radius 2 is 2.24 bits per heavy atom. The molecule has 1 nitrogen and oxygen atoms in total. The normalized spacial score (nSPS) is 32.1. The van der Waals surface area contributed by atoms with Crippen LogP contribution in [0.3, 0.4) is 0 Å². The van der Waals surface area contributed by atoms with Crippen molar-refractivity contribution < 1.29 is 9.13 Å². The molecule has 1 aromatic carbocycles. The molecule has 3 unspecified atom stereocenters. The molecule has 2 rings (SSSR count). The number of alkyl halides is 1. The molecule has 0 radical (unpaired) electrons. The highest BCUT2D eigenvalue weighted by Gasteiger charge is 2.51. The van der Waals surface area contributed by atoms with Gasteiger partial charge in [0.05, 0.1) is 0 Å². The van der Waals surface area contributed by atoms with E-state index in [-0.39, 0.29) is 22.7 Å². The number of hydrogen-bond acceptors (Lipinski definition) is 1. The molecule has 0 aliphatic heterocycles. The van der Waals surface area contributed by atoms with E-state index in [1.54, 1.807) is 13.0 Å². The maximum absolute atomic E-state index is 13.4. The van der Waals surface area contributed by atoms with Gasteiger partial charge in [0.15, 0.2) is 0 Å². The first-order valence-corrected chi connectivity index (χ1v) is 6.48. The highest BCUT2D eigenvalue weighted by Crippen LogP contribution is 2.49. The van der Waals surface area contributed by atoms with Gasteiger partial charge in [-0.3, -0.25) is 0 Å². The van der Waals surface area contributed by atoms with Gasteiger partial charge in [0.25, 0.3) is 0 Å². The van der Waals surface area contributed by atoms with Gasteiger partial charge < -0.3 is 4.74 Å². The zero-order valence-corrected chi connectivity index (χ0v) is 11.2. The Hall–Kier alpha value is -0.760. The van der Waals surface area contributed by atoms with Crippen LogP contribution in [-0.2, 0) is 0 Å². The van der Waals surface area contributed by atoms with E-state index >= 15 is 0 Å². The van der Waals surface area contributed by atoms with Crippen molar-refractivity contribution in [3.63, 3.8) is 0 Å². The molecule has 0 N–H and O–H groups in total. The summed E-state index contributed by atoms with van der Waals surface area (Å²) in [6, 6.07) is 5.01. The monoisotopic (exact) mass is 256 g/mol. The Balaban J connectivity index is 2.09. The first kappa shape index (κ1) is 12.7. The number of rotatable bonds is 3. The zero-order chi connectivity index (χ0) is 12.6. The van der Waals surface area contributed by atoms with E-state index in [1.807, 2.05) is 6.07 Å². The van der Waals surface area contributed by atoms with Crippen LogP contribution in [0, 0.1) is 18.2 Å². The number of halogens is 2. The van der Waals surface area contributed by atoms with Crippen LogP contribution >= 0.6 is 11.6 Å². The smallest absolute Gasteiger partial charge is 0.129 e. The average Bonchev–Trinajstić information content (AvgIpc) is 2.32. The Morgan fingerprint density at radius 3 is 2.76 bits per heavy atom. The molecule has 1 aliphatic carbocycles. The molecule has 1 saturated carbocycles. The van der Waals surface area contributed by atoms with Gasteiger partial charge >= 0.3 is 0 Å². The molecule has 1 aromatic rings. The summed E-state index contributed by atoms with van der Waals surface area (Å²) in [7, 11) is 0. The van der Waals surface area contributed by atoms with Gasteiger partial charge in [-0.25, -0.2) is 4.39 Å². The van der Waals surface area contributed by atoms with E-state index in [4.69, 9.17) is 16.3 Å². The lowest BCUT2D eigenvalue weighted by Gasteiger charge is -2.50. The van der Waals surface area contributed by atoms with Gasteiger partial charge in [-0.1, -0.05) is 19.9 Å². The highest BCUT2D eigenvalue weighted by molar-refractivity contribution is 6.21. The van der Waals surface area contributed by atoms with Gasteiger partial charge in [0.2, 0.25) is 0 Å². The Morgan fingerprint density at radius 1 is 1.53 bits per heavy atom. The van der Waals surface area contributed by atoms with Gasteiger partial charge in [-0.2, -0.15) is 0 Å². The van der Waals surface area contributed by atoms with Crippen LogP contribution in [0.5, 0.6) is 5.75 Å². The van der Waals surface area contributed by atoms with Gasteiger partial charge in [0.1, 0.15) is 17.7 Å². The lowest BCUT2D eigenvalue weighted by Crippen LogP contribution is -2.55. The van der Waals surface area contributed by atoms with Crippen LogP contribution in [0.15, 0.2) is 18.2 Å². The van der Waals surface area contributed by atoms with Crippen molar-refractivity contribution in [3.05, 3.63) is 29.6 Å². The molecule has 94 valence electrons. The average molecular weight is 257 g/mol. The summed E-state index contributed by atoms with van der Waals surface area (Å²) in [5, 5.41) is 0.160. The molecule has 0 bridgehead atoms. The van der Waals surface area contributed by atoms with E-state index in [0.29, 0.717) is 11.3 Å². The van der Waals surface area contributed by atoms with Crippen LogP contribution in [0.2, 0.25) is 0 Å². The summed E-state index contributed by atoms with van der Waals surface area (Å²) in [6.07, 6.45) is 1.90. The Bertz CT molecular complexity index is 421. The SMILES string of the molecule is CCC1(C)C(Cl)CC1Oc1ccc(C)c(F)c1. The third kappa shape index (κ3) is 2.15. The molecular weight excluding hydrogens is 239 g/mol. The fourth-order valence-corrected chi connectivity index (χ4v) is 2.67. The fraction of sp³-hybridized carbons (Fsp3) is 0.571. The minimum absolute atomic E-state index is 0.00289. The molecule has 3 atom stereocenters. The molecule has 17 heavy (non-hydrogen) atoms.